The van der Waals surface area contributed by atoms with Crippen LogP contribution in [0, 0.1) is 0 Å². The largest absolute Gasteiger partial charge is 0.481 e. The number of ether oxygens (including phenoxy) is 2. The SMILES string of the molecule is NC(=O)C1=CN([C@@H]2O[C@H](COP(=O)(O)OP(=O)(O)OC[C@H]3O[C@@H](n4cnc5c(N)ncnc54)[C@H](O)[C@@H]3O)[C@@H](O)[C@H]2O)C=CC1.NC(=O)CCC(N)C(=O)O. The van der Waals surface area contributed by atoms with Crippen LogP contribution in [0.3, 0.4) is 0 Å². The molecule has 0 aliphatic carbocycles. The number of aliphatic hydroxyl groups excluding tert-OH is 4. The van der Waals surface area contributed by atoms with Crippen molar-refractivity contribution in [1.29, 1.82) is 0 Å². The van der Waals surface area contributed by atoms with Crippen molar-refractivity contribution in [3.8, 4) is 0 Å². The summed E-state index contributed by atoms with van der Waals surface area (Å²) < 4.78 is 50.8. The summed E-state index contributed by atoms with van der Waals surface area (Å²) in [6, 6.07) is -0.979. The lowest BCUT2D eigenvalue weighted by molar-refractivity contribution is -0.138. The number of nitrogens with zero attached hydrogens (tertiary/aromatic N) is 5. The number of allylic oxidation sites excluding steroid dienone is 1. The number of hydrogen-bond acceptors (Lipinski definition) is 20. The second kappa shape index (κ2) is 17.7. The summed E-state index contributed by atoms with van der Waals surface area (Å²) in [5.74, 6) is -2.30. The van der Waals surface area contributed by atoms with Crippen LogP contribution in [0.25, 0.3) is 11.2 Å². The van der Waals surface area contributed by atoms with Gasteiger partial charge in [-0.25, -0.2) is 24.1 Å². The molecule has 11 atom stereocenters. The van der Waals surface area contributed by atoms with E-state index in [9.17, 15) is 53.7 Å². The molecule has 3 unspecified atom stereocenters. The minimum atomic E-state index is -5.37. The smallest absolute Gasteiger partial charge is 0.480 e. The number of imidazole rings is 1. The van der Waals surface area contributed by atoms with Crippen molar-refractivity contribution in [3.05, 3.63) is 36.7 Å². The van der Waals surface area contributed by atoms with Crippen molar-refractivity contribution in [2.75, 3.05) is 18.9 Å². The number of carbonyl (C=O) groups is 3. The van der Waals surface area contributed by atoms with Gasteiger partial charge in [-0.05, 0) is 12.8 Å². The summed E-state index contributed by atoms with van der Waals surface area (Å²) in [5, 5.41) is 49.9. The summed E-state index contributed by atoms with van der Waals surface area (Å²) >= 11 is 0. The number of nitrogens with two attached hydrogens (primary N) is 4. The highest BCUT2D eigenvalue weighted by atomic mass is 31.3. The van der Waals surface area contributed by atoms with Gasteiger partial charge in [0.15, 0.2) is 23.9 Å². The van der Waals surface area contributed by atoms with Crippen molar-refractivity contribution in [2.45, 2.75) is 74.4 Å². The van der Waals surface area contributed by atoms with Crippen molar-refractivity contribution in [1.82, 2.24) is 24.4 Å². The molecule has 2 aromatic rings. The molecule has 0 radical (unpaired) electrons. The quantitative estimate of drug-likeness (QED) is 0.0763. The van der Waals surface area contributed by atoms with Crippen molar-refractivity contribution < 1.29 is 81.7 Å². The van der Waals surface area contributed by atoms with Crippen LogP contribution in [0.4, 0.5) is 5.82 Å². The number of primary amides is 2. The van der Waals surface area contributed by atoms with E-state index in [2.05, 4.69) is 19.3 Å². The second-order valence-electron chi connectivity index (χ2n) is 11.8. The predicted octanol–water partition coefficient (Wildman–Crippen LogP) is -4.02. The molecule has 300 valence electrons. The predicted molar refractivity (Wildman–Crippen MR) is 176 cm³/mol. The number of aliphatic carboxylic acids is 1. The fraction of sp³-hybridized carbons (Fsp3) is 0.538. The van der Waals surface area contributed by atoms with Gasteiger partial charge >= 0.3 is 21.6 Å². The molecular formula is C26H39N9O17P2. The Morgan fingerprint density at radius 1 is 0.926 bits per heavy atom. The van der Waals surface area contributed by atoms with Gasteiger partial charge in [-0.2, -0.15) is 4.31 Å². The third-order valence-electron chi connectivity index (χ3n) is 7.90. The number of carboxylic acid groups (broad SMARTS) is 1. The summed E-state index contributed by atoms with van der Waals surface area (Å²) in [6.07, 6.45) is -4.76. The number of aromatic nitrogens is 4. The van der Waals surface area contributed by atoms with Crippen LogP contribution in [0.5, 0.6) is 0 Å². The van der Waals surface area contributed by atoms with Crippen LogP contribution in [-0.2, 0) is 46.3 Å². The normalized spacial score (nSPS) is 29.5. The first-order chi connectivity index (χ1) is 25.2. The molecular weight excluding hydrogens is 772 g/mol. The van der Waals surface area contributed by atoms with E-state index in [0.717, 1.165) is 6.33 Å². The number of phosphoric ester groups is 2. The number of fused-ring (bicyclic) bond motifs is 1. The zero-order valence-electron chi connectivity index (χ0n) is 27.8. The summed E-state index contributed by atoms with van der Waals surface area (Å²) in [4.78, 5) is 64.8. The van der Waals surface area contributed by atoms with Crippen LogP contribution in [0.1, 0.15) is 25.5 Å². The van der Waals surface area contributed by atoms with Gasteiger partial charge in [-0.1, -0.05) is 6.08 Å². The molecule has 2 amide bonds. The van der Waals surface area contributed by atoms with Crippen LogP contribution >= 0.6 is 15.6 Å². The molecule has 0 saturated carbocycles. The molecule has 0 aromatic carbocycles. The van der Waals surface area contributed by atoms with Crippen LogP contribution in [-0.4, -0.2) is 140 Å². The maximum absolute atomic E-state index is 12.4. The molecule has 5 rings (SSSR count). The lowest BCUT2D eigenvalue weighted by atomic mass is 10.1. The number of hydrogen-bond donors (Lipinski definition) is 11. The van der Waals surface area contributed by atoms with E-state index >= 15 is 0 Å². The van der Waals surface area contributed by atoms with Crippen LogP contribution in [0.2, 0.25) is 0 Å². The van der Waals surface area contributed by atoms with E-state index in [4.69, 9.17) is 46.6 Å². The van der Waals surface area contributed by atoms with E-state index < -0.39 is 102 Å². The fourth-order valence-electron chi connectivity index (χ4n) is 5.10. The Bertz CT molecular complexity index is 1850. The van der Waals surface area contributed by atoms with Gasteiger partial charge in [0.05, 0.1) is 19.5 Å². The Morgan fingerprint density at radius 3 is 2.06 bits per heavy atom. The van der Waals surface area contributed by atoms with Crippen LogP contribution < -0.4 is 22.9 Å². The van der Waals surface area contributed by atoms with Crippen LogP contribution in [0.15, 0.2) is 36.7 Å². The number of carboxylic acids is 1. The van der Waals surface area contributed by atoms with Gasteiger partial charge in [0.1, 0.15) is 54.5 Å². The molecule has 54 heavy (non-hydrogen) atoms. The van der Waals surface area contributed by atoms with Gasteiger partial charge < -0.3 is 72.6 Å². The standard InChI is InChI=1S/C21H29N7O14P2.C5H10N2O3/c22-17-12-19(25-7-24-17)28(8-26-12)21-16(32)14(30)11(41-21)6-39-44(36,37)42-43(34,35)38-5-10-13(29)15(31)20(40-10)27-3-1-2-9(4-27)18(23)33;6-3(5(9)10)1-2-4(7)8/h1,3-4,7-8,10-11,13-16,20-21,29-32H,2,5-6H2,(H2,23,33)(H,34,35)(H,36,37)(H2,22,24,25);3H,1-2,6H2,(H2,7,8)(H,9,10)/t10-,11-,13-,14-,15-,16-,20-,21-;/m1./s1. The molecule has 3 aliphatic rings. The van der Waals surface area contributed by atoms with Gasteiger partial charge in [-0.15, -0.1) is 0 Å². The second-order valence-corrected chi connectivity index (χ2v) is 14.8. The molecule has 0 bridgehead atoms. The molecule has 5 heterocycles. The third-order valence-corrected chi connectivity index (χ3v) is 10.5. The topological polar surface area (TPSA) is 424 Å². The van der Waals surface area contributed by atoms with E-state index in [0.29, 0.717) is 0 Å². The van der Waals surface area contributed by atoms with E-state index in [-0.39, 0.29) is 41.8 Å². The number of aliphatic hydroxyl groups is 4. The molecule has 15 N–H and O–H groups in total. The maximum Gasteiger partial charge on any atom is 0.481 e. The molecule has 0 spiro atoms. The number of rotatable bonds is 15. The Kier molecular flexibility index (Phi) is 14.0. The Balaban J connectivity index is 0.000000571. The zero-order chi connectivity index (χ0) is 40.1. The highest BCUT2D eigenvalue weighted by Gasteiger charge is 2.48. The first-order valence-corrected chi connectivity index (χ1v) is 18.5. The number of amides is 2. The van der Waals surface area contributed by atoms with E-state index in [1.165, 1.54) is 28.2 Å². The Hall–Kier alpha value is -3.98. The van der Waals surface area contributed by atoms with Gasteiger partial charge in [0, 0.05) is 24.4 Å². The maximum atomic E-state index is 12.4. The highest BCUT2D eigenvalue weighted by Crippen LogP contribution is 2.60. The third kappa shape index (κ3) is 10.6. The average Bonchev–Trinajstić information content (AvgIpc) is 3.75. The summed E-state index contributed by atoms with van der Waals surface area (Å²) in [5.41, 5.74) is 21.4. The number of phosphoric acid groups is 2. The van der Waals surface area contributed by atoms with Crippen molar-refractivity contribution in [3.63, 3.8) is 0 Å². The fourth-order valence-corrected chi connectivity index (χ4v) is 7.19. The minimum Gasteiger partial charge on any atom is -0.480 e. The molecule has 28 heteroatoms. The summed E-state index contributed by atoms with van der Waals surface area (Å²) in [6.45, 7) is -1.79. The van der Waals surface area contributed by atoms with Gasteiger partial charge in [0.2, 0.25) is 11.8 Å². The van der Waals surface area contributed by atoms with Crippen molar-refractivity contribution >= 4 is 50.4 Å². The minimum absolute atomic E-state index is 0.0213. The average molecular weight is 812 g/mol. The zero-order valence-corrected chi connectivity index (χ0v) is 29.6. The molecule has 3 aliphatic heterocycles. The molecule has 2 saturated heterocycles. The number of carbonyl (C=O) groups excluding carboxylic acids is 2. The monoisotopic (exact) mass is 811 g/mol. The van der Waals surface area contributed by atoms with Crippen molar-refractivity contribution in [2.24, 2.45) is 17.2 Å². The van der Waals surface area contributed by atoms with Gasteiger partial charge in [-0.3, -0.25) is 28.0 Å². The molecule has 2 aromatic heterocycles. The number of anilines is 1. The Labute approximate surface area is 303 Å². The summed E-state index contributed by atoms with van der Waals surface area (Å²) in [7, 11) is -10.7. The number of nitrogen functional groups attached to an aromatic ring is 1. The lowest BCUT2D eigenvalue weighted by Crippen LogP contribution is -2.40. The first kappa shape index (κ1) is 42.8. The molecule has 26 nitrogen and oxygen atoms in total. The van der Waals surface area contributed by atoms with Gasteiger partial charge in [0.25, 0.3) is 0 Å². The first-order valence-electron chi connectivity index (χ1n) is 15.5. The molecule has 2 fully saturated rings. The lowest BCUT2D eigenvalue weighted by Gasteiger charge is -2.28. The van der Waals surface area contributed by atoms with E-state index in [1.807, 2.05) is 0 Å². The Morgan fingerprint density at radius 2 is 1.50 bits per heavy atom. The highest BCUT2D eigenvalue weighted by molar-refractivity contribution is 7.61. The van der Waals surface area contributed by atoms with E-state index in [1.54, 1.807) is 6.08 Å².